The van der Waals surface area contributed by atoms with E-state index in [1.54, 1.807) is 0 Å². The van der Waals surface area contributed by atoms with E-state index in [2.05, 4.69) is 5.32 Å². The molecule has 0 aliphatic heterocycles. The molecule has 0 aliphatic carbocycles. The molecule has 0 heterocycles. The number of aldehydes is 1. The lowest BCUT2D eigenvalue weighted by molar-refractivity contribution is -0.138. The van der Waals surface area contributed by atoms with Crippen molar-refractivity contribution in [2.75, 3.05) is 13.1 Å². The van der Waals surface area contributed by atoms with Crippen LogP contribution in [0.25, 0.3) is 0 Å². The van der Waals surface area contributed by atoms with E-state index in [1.807, 2.05) is 0 Å². The summed E-state index contributed by atoms with van der Waals surface area (Å²) < 4.78 is 0. The Hall–Kier alpha value is -0.940. The molecule has 0 saturated heterocycles. The van der Waals surface area contributed by atoms with Crippen LogP contribution in [0.5, 0.6) is 0 Å². The molecule has 5 nitrogen and oxygen atoms in total. The molecule has 5 heteroatoms. The lowest BCUT2D eigenvalue weighted by atomic mass is 10.3. The average Bonchev–Trinajstić information content (AvgIpc) is 1.88. The van der Waals surface area contributed by atoms with Crippen LogP contribution in [0.15, 0.2) is 0 Å². The number of aliphatic carboxylic acids is 1. The topological polar surface area (TPSA) is 92.4 Å². The van der Waals surface area contributed by atoms with Crippen LogP contribution in [0.1, 0.15) is 0 Å². The van der Waals surface area contributed by atoms with E-state index in [0.717, 1.165) is 0 Å². The number of nitrogens with one attached hydrogen (secondary N) is 1. The molecule has 10 heavy (non-hydrogen) atoms. The van der Waals surface area contributed by atoms with Gasteiger partial charge in [0.15, 0.2) is 0 Å². The van der Waals surface area contributed by atoms with Crippen LogP contribution in [0.4, 0.5) is 0 Å². The molecule has 0 aromatic rings. The molecule has 0 spiro atoms. The number of carboxylic acids is 1. The Labute approximate surface area is 58.2 Å². The van der Waals surface area contributed by atoms with Gasteiger partial charge in [0.2, 0.25) is 0 Å². The third kappa shape index (κ3) is 3.99. The van der Waals surface area contributed by atoms with E-state index in [1.165, 1.54) is 0 Å². The summed E-state index contributed by atoms with van der Waals surface area (Å²) in [5, 5.41) is 10.8. The largest absolute Gasteiger partial charge is 0.480 e. The molecular weight excluding hydrogens is 136 g/mol. The number of hydrogen-bond donors (Lipinski definition) is 3. The van der Waals surface area contributed by atoms with Crippen LogP contribution in [-0.4, -0.2) is 36.5 Å². The predicted octanol–water partition coefficient (Wildman–Crippen LogP) is -1.81. The predicted molar refractivity (Wildman–Crippen MR) is 34.5 cm³/mol. The number of carbonyl (C=O) groups excluding carboxylic acids is 1. The Morgan fingerprint density at radius 1 is 1.80 bits per heavy atom. The number of carbonyl (C=O) groups is 2. The van der Waals surface area contributed by atoms with Gasteiger partial charge in [0.1, 0.15) is 12.3 Å². The minimum Gasteiger partial charge on any atom is -0.480 e. The summed E-state index contributed by atoms with van der Waals surface area (Å²) in [6, 6.07) is -0.931. The zero-order valence-electron chi connectivity index (χ0n) is 5.41. The van der Waals surface area contributed by atoms with E-state index in [9.17, 15) is 9.59 Å². The highest BCUT2D eigenvalue weighted by molar-refractivity contribution is 5.73. The molecule has 4 N–H and O–H groups in total. The van der Waals surface area contributed by atoms with Crippen molar-refractivity contribution in [3.63, 3.8) is 0 Å². The van der Waals surface area contributed by atoms with Crippen molar-refractivity contribution in [3.05, 3.63) is 0 Å². The van der Waals surface area contributed by atoms with Crippen LogP contribution in [0.3, 0.4) is 0 Å². The van der Waals surface area contributed by atoms with Gasteiger partial charge in [0, 0.05) is 6.54 Å². The third-order valence-corrected chi connectivity index (χ3v) is 0.909. The Morgan fingerprint density at radius 3 is 2.80 bits per heavy atom. The van der Waals surface area contributed by atoms with Crippen molar-refractivity contribution in [2.24, 2.45) is 5.73 Å². The van der Waals surface area contributed by atoms with Gasteiger partial charge in [0.05, 0.1) is 6.54 Å². The minimum absolute atomic E-state index is 0.119. The molecule has 0 unspecified atom stereocenters. The summed E-state index contributed by atoms with van der Waals surface area (Å²) >= 11 is 0. The second kappa shape index (κ2) is 4.89. The van der Waals surface area contributed by atoms with Crippen molar-refractivity contribution in [2.45, 2.75) is 6.04 Å². The molecule has 0 aliphatic rings. The third-order valence-electron chi connectivity index (χ3n) is 0.909. The summed E-state index contributed by atoms with van der Waals surface area (Å²) in [6.45, 7) is 0.259. The molecular formula is C5H10N2O3. The summed E-state index contributed by atoms with van der Waals surface area (Å²) in [5.74, 6) is -1.07. The molecule has 0 aromatic heterocycles. The lowest BCUT2D eigenvalue weighted by Crippen LogP contribution is -2.40. The van der Waals surface area contributed by atoms with E-state index in [4.69, 9.17) is 10.8 Å². The van der Waals surface area contributed by atoms with Crippen LogP contribution in [0.2, 0.25) is 0 Å². The number of rotatable bonds is 5. The SMILES string of the molecule is N[C@H](CNCC=O)C(=O)O. The molecule has 1 atom stereocenters. The van der Waals surface area contributed by atoms with E-state index >= 15 is 0 Å². The second-order valence-electron chi connectivity index (χ2n) is 1.77. The second-order valence-corrected chi connectivity index (χ2v) is 1.77. The van der Waals surface area contributed by atoms with Crippen molar-refractivity contribution < 1.29 is 14.7 Å². The van der Waals surface area contributed by atoms with Crippen molar-refractivity contribution >= 4 is 12.3 Å². The van der Waals surface area contributed by atoms with Crippen LogP contribution < -0.4 is 11.1 Å². The lowest BCUT2D eigenvalue weighted by Gasteiger charge is -2.04. The summed E-state index contributed by atoms with van der Waals surface area (Å²) in [4.78, 5) is 19.7. The summed E-state index contributed by atoms with van der Waals surface area (Å²) in [6.07, 6.45) is 0.647. The molecule has 0 bridgehead atoms. The van der Waals surface area contributed by atoms with Gasteiger partial charge in [-0.2, -0.15) is 0 Å². The first-order valence-corrected chi connectivity index (χ1v) is 2.81. The monoisotopic (exact) mass is 146 g/mol. The highest BCUT2D eigenvalue weighted by atomic mass is 16.4. The van der Waals surface area contributed by atoms with Gasteiger partial charge in [-0.1, -0.05) is 0 Å². The van der Waals surface area contributed by atoms with Gasteiger partial charge in [-0.15, -0.1) is 0 Å². The van der Waals surface area contributed by atoms with Gasteiger partial charge in [-0.3, -0.25) is 4.79 Å². The van der Waals surface area contributed by atoms with Crippen molar-refractivity contribution in [1.82, 2.24) is 5.32 Å². The van der Waals surface area contributed by atoms with Gasteiger partial charge in [-0.25, -0.2) is 0 Å². The standard InChI is InChI=1S/C5H10N2O3/c6-4(5(9)10)3-7-1-2-8/h2,4,7H,1,3,6H2,(H,9,10)/t4-/m1/s1. The number of carboxylic acid groups (broad SMARTS) is 1. The van der Waals surface area contributed by atoms with Crippen LogP contribution >= 0.6 is 0 Å². The van der Waals surface area contributed by atoms with Crippen molar-refractivity contribution in [1.29, 1.82) is 0 Å². The molecule has 58 valence electrons. The fourth-order valence-corrected chi connectivity index (χ4v) is 0.385. The number of hydrogen-bond acceptors (Lipinski definition) is 4. The van der Waals surface area contributed by atoms with Crippen LogP contribution in [0, 0.1) is 0 Å². The Morgan fingerprint density at radius 2 is 2.40 bits per heavy atom. The maximum absolute atomic E-state index is 10.0. The first-order chi connectivity index (χ1) is 4.68. The maximum Gasteiger partial charge on any atom is 0.321 e. The van der Waals surface area contributed by atoms with Gasteiger partial charge in [0.25, 0.3) is 0 Å². The molecule has 0 radical (unpaired) electrons. The van der Waals surface area contributed by atoms with Crippen molar-refractivity contribution in [3.8, 4) is 0 Å². The molecule has 0 saturated carbocycles. The smallest absolute Gasteiger partial charge is 0.321 e. The van der Waals surface area contributed by atoms with E-state index < -0.39 is 12.0 Å². The first kappa shape index (κ1) is 9.06. The van der Waals surface area contributed by atoms with E-state index in [-0.39, 0.29) is 13.1 Å². The average molecular weight is 146 g/mol. The zero-order valence-corrected chi connectivity index (χ0v) is 5.41. The zero-order chi connectivity index (χ0) is 7.98. The fraction of sp³-hybridized carbons (Fsp3) is 0.600. The highest BCUT2D eigenvalue weighted by Gasteiger charge is 2.08. The van der Waals surface area contributed by atoms with Gasteiger partial charge in [-0.05, 0) is 0 Å². The quantitative estimate of drug-likeness (QED) is 0.314. The summed E-state index contributed by atoms with van der Waals surface area (Å²) in [5.41, 5.74) is 5.08. The molecule has 0 fully saturated rings. The summed E-state index contributed by atoms with van der Waals surface area (Å²) in [7, 11) is 0. The maximum atomic E-state index is 10.0. The van der Waals surface area contributed by atoms with E-state index in [0.29, 0.717) is 6.29 Å². The molecule has 0 rings (SSSR count). The Balaban J connectivity index is 3.30. The Bertz CT molecular complexity index is 126. The normalized spacial score (nSPS) is 12.5. The van der Waals surface area contributed by atoms with Gasteiger partial charge < -0.3 is 21.0 Å². The first-order valence-electron chi connectivity index (χ1n) is 2.81. The number of nitrogens with two attached hydrogens (primary N) is 1. The minimum atomic E-state index is -1.07. The van der Waals surface area contributed by atoms with Gasteiger partial charge >= 0.3 is 5.97 Å². The highest BCUT2D eigenvalue weighted by Crippen LogP contribution is 1.73. The fourth-order valence-electron chi connectivity index (χ4n) is 0.385. The molecule has 0 amide bonds. The molecule has 0 aromatic carbocycles. The van der Waals surface area contributed by atoms with Crippen LogP contribution in [-0.2, 0) is 9.59 Å². The Kier molecular flexibility index (Phi) is 4.43.